The molecule has 0 amide bonds. The molecule has 0 aliphatic heterocycles. The van der Waals surface area contributed by atoms with Gasteiger partial charge in [-0.1, -0.05) is 0 Å². The van der Waals surface area contributed by atoms with E-state index < -0.39 is 18.2 Å². The van der Waals surface area contributed by atoms with Crippen molar-refractivity contribution in [2.75, 3.05) is 0 Å². The SMILES string of the molecule is [2H]C([2H])([2H])c1cc(=O)cc(F)[nH]1. The van der Waals surface area contributed by atoms with Gasteiger partial charge in [-0.25, -0.2) is 0 Å². The Labute approximate surface area is 55.6 Å². The first-order chi connectivity index (χ1) is 5.39. The van der Waals surface area contributed by atoms with Crippen LogP contribution in [0.15, 0.2) is 16.9 Å². The molecule has 1 N–H and O–H groups in total. The van der Waals surface area contributed by atoms with Crippen molar-refractivity contribution in [2.24, 2.45) is 0 Å². The lowest BCUT2D eigenvalue weighted by Gasteiger charge is -1.89. The number of H-pyrrole nitrogens is 1. The number of halogens is 1. The molecule has 2 nitrogen and oxygen atoms in total. The number of nitrogens with one attached hydrogen (secondary N) is 1. The van der Waals surface area contributed by atoms with Crippen molar-refractivity contribution in [1.82, 2.24) is 4.98 Å². The molecule has 0 bridgehead atoms. The Bertz CT molecular complexity index is 343. The molecule has 1 aromatic heterocycles. The lowest BCUT2D eigenvalue weighted by atomic mass is 10.4. The van der Waals surface area contributed by atoms with Crippen molar-refractivity contribution in [1.29, 1.82) is 0 Å². The zero-order chi connectivity index (χ0) is 9.35. The van der Waals surface area contributed by atoms with Gasteiger partial charge in [0.05, 0.1) is 0 Å². The summed E-state index contributed by atoms with van der Waals surface area (Å²) < 4.78 is 33.0. The molecule has 0 saturated carbocycles. The number of hydrogen-bond donors (Lipinski definition) is 1. The van der Waals surface area contributed by atoms with E-state index in [2.05, 4.69) is 0 Å². The van der Waals surface area contributed by atoms with E-state index in [1.807, 2.05) is 4.98 Å². The molecule has 0 spiro atoms. The van der Waals surface area contributed by atoms with Crippen molar-refractivity contribution in [2.45, 2.75) is 6.85 Å². The molecule has 9 heavy (non-hydrogen) atoms. The predicted molar refractivity (Wildman–Crippen MR) is 31.8 cm³/mol. The van der Waals surface area contributed by atoms with Crippen molar-refractivity contribution in [3.63, 3.8) is 0 Å². The summed E-state index contributed by atoms with van der Waals surface area (Å²) in [7, 11) is 0. The van der Waals surface area contributed by atoms with Crippen LogP contribution < -0.4 is 5.43 Å². The zero-order valence-electron chi connectivity index (χ0n) is 7.44. The molecule has 0 radical (unpaired) electrons. The number of aryl methyl sites for hydroxylation is 1. The number of rotatable bonds is 0. The van der Waals surface area contributed by atoms with Crippen LogP contribution in [-0.4, -0.2) is 4.98 Å². The third kappa shape index (κ3) is 1.38. The van der Waals surface area contributed by atoms with Crippen LogP contribution in [0.25, 0.3) is 0 Å². The monoisotopic (exact) mass is 130 g/mol. The lowest BCUT2D eigenvalue weighted by molar-refractivity contribution is 0.578. The molecule has 3 heteroatoms. The third-order valence-electron chi connectivity index (χ3n) is 0.810. The maximum absolute atomic E-state index is 12.5. The number of aromatic amines is 1. The first-order valence-electron chi connectivity index (χ1n) is 3.80. The molecular formula is C6H6FNO. The minimum atomic E-state index is -2.47. The summed E-state index contributed by atoms with van der Waals surface area (Å²) >= 11 is 0. The molecule has 1 rings (SSSR count). The fourth-order valence-corrected chi connectivity index (χ4v) is 0.510. The van der Waals surface area contributed by atoms with Gasteiger partial charge >= 0.3 is 0 Å². The van der Waals surface area contributed by atoms with Crippen LogP contribution in [0, 0.1) is 12.8 Å². The van der Waals surface area contributed by atoms with Crippen molar-refractivity contribution >= 4 is 0 Å². The largest absolute Gasteiger partial charge is 0.336 e. The van der Waals surface area contributed by atoms with Crippen LogP contribution >= 0.6 is 0 Å². The summed E-state index contributed by atoms with van der Waals surface area (Å²) in [5.74, 6) is -0.936. The topological polar surface area (TPSA) is 32.9 Å². The Kier molecular flexibility index (Phi) is 0.704. The van der Waals surface area contributed by atoms with Gasteiger partial charge in [0, 0.05) is 21.9 Å². The molecule has 0 fully saturated rings. The van der Waals surface area contributed by atoms with E-state index in [4.69, 9.17) is 4.11 Å². The highest BCUT2D eigenvalue weighted by Gasteiger charge is 1.90. The molecule has 0 unspecified atom stereocenters. The summed E-state index contributed by atoms with van der Waals surface area (Å²) in [6.45, 7) is -2.47. The smallest absolute Gasteiger partial charge is 0.195 e. The Hall–Kier alpha value is -1.12. The second-order valence-corrected chi connectivity index (χ2v) is 1.58. The normalized spacial score (nSPS) is 15.9. The second kappa shape index (κ2) is 2.01. The van der Waals surface area contributed by atoms with E-state index in [-0.39, 0.29) is 5.69 Å². The Morgan fingerprint density at radius 2 is 2.56 bits per heavy atom. The van der Waals surface area contributed by atoms with Gasteiger partial charge in [0.15, 0.2) is 11.4 Å². The fourth-order valence-electron chi connectivity index (χ4n) is 0.510. The minimum Gasteiger partial charge on any atom is -0.336 e. The molecule has 0 atom stereocenters. The molecule has 1 aromatic rings. The van der Waals surface area contributed by atoms with Gasteiger partial charge in [0.2, 0.25) is 0 Å². The maximum atomic E-state index is 12.5. The number of pyridine rings is 1. The minimum absolute atomic E-state index is 0.382. The van der Waals surface area contributed by atoms with Crippen molar-refractivity contribution < 1.29 is 8.50 Å². The summed E-state index contributed by atoms with van der Waals surface area (Å²) in [6, 6.07) is 1.55. The van der Waals surface area contributed by atoms with E-state index >= 15 is 0 Å². The number of hydrogen-bond acceptors (Lipinski definition) is 1. The maximum Gasteiger partial charge on any atom is 0.195 e. The van der Waals surface area contributed by atoms with E-state index in [0.29, 0.717) is 6.07 Å². The van der Waals surface area contributed by atoms with Crippen LogP contribution in [0.2, 0.25) is 0 Å². The molecule has 0 aliphatic rings. The highest BCUT2D eigenvalue weighted by molar-refractivity contribution is 5.02. The summed E-state index contributed by atoms with van der Waals surface area (Å²) in [5, 5.41) is 0. The number of aromatic nitrogens is 1. The van der Waals surface area contributed by atoms with Gasteiger partial charge in [0.25, 0.3) is 0 Å². The summed E-state index contributed by atoms with van der Waals surface area (Å²) in [4.78, 5) is 12.6. The van der Waals surface area contributed by atoms with Gasteiger partial charge in [0.1, 0.15) is 0 Å². The van der Waals surface area contributed by atoms with E-state index in [1.165, 1.54) is 0 Å². The fraction of sp³-hybridized carbons (Fsp3) is 0.167. The summed E-state index contributed by atoms with van der Waals surface area (Å²) in [5.41, 5.74) is -1.04. The molecule has 0 aliphatic carbocycles. The van der Waals surface area contributed by atoms with Crippen molar-refractivity contribution in [3.8, 4) is 0 Å². The van der Waals surface area contributed by atoms with E-state index in [0.717, 1.165) is 6.07 Å². The van der Waals surface area contributed by atoms with Crippen LogP contribution in [-0.2, 0) is 0 Å². The summed E-state index contributed by atoms with van der Waals surface area (Å²) in [6.07, 6.45) is 0. The van der Waals surface area contributed by atoms with E-state index in [1.54, 1.807) is 0 Å². The predicted octanol–water partition coefficient (Wildman–Crippen LogP) is 0.822. The quantitative estimate of drug-likeness (QED) is 0.518. The van der Waals surface area contributed by atoms with Gasteiger partial charge < -0.3 is 4.98 Å². The molecule has 0 saturated heterocycles. The van der Waals surface area contributed by atoms with Crippen molar-refractivity contribution in [3.05, 3.63) is 34.0 Å². The zero-order valence-corrected chi connectivity index (χ0v) is 4.44. The lowest BCUT2D eigenvalue weighted by Crippen LogP contribution is -2.01. The average molecular weight is 130 g/mol. The van der Waals surface area contributed by atoms with Gasteiger partial charge in [-0.3, -0.25) is 4.79 Å². The highest BCUT2D eigenvalue weighted by Crippen LogP contribution is 1.88. The van der Waals surface area contributed by atoms with Gasteiger partial charge in [-0.15, -0.1) is 0 Å². The molecule has 48 valence electrons. The van der Waals surface area contributed by atoms with Gasteiger partial charge in [-0.2, -0.15) is 4.39 Å². The van der Waals surface area contributed by atoms with Crippen LogP contribution in [0.3, 0.4) is 0 Å². The Balaban J connectivity index is 3.27. The highest BCUT2D eigenvalue weighted by atomic mass is 19.1. The Morgan fingerprint density at radius 1 is 1.78 bits per heavy atom. The first-order valence-corrected chi connectivity index (χ1v) is 2.30. The standard InChI is InChI=1S/C6H6FNO/c1-4-2-5(9)3-6(7)8-4/h2-3H,1H3,(H,8,9)/i1D3. The van der Waals surface area contributed by atoms with Crippen LogP contribution in [0.5, 0.6) is 0 Å². The molecule has 0 aromatic carbocycles. The van der Waals surface area contributed by atoms with Crippen LogP contribution in [0.4, 0.5) is 4.39 Å². The second-order valence-electron chi connectivity index (χ2n) is 1.58. The Morgan fingerprint density at radius 3 is 3.11 bits per heavy atom. The molecule has 1 heterocycles. The molecular weight excluding hydrogens is 121 g/mol. The van der Waals surface area contributed by atoms with Gasteiger partial charge in [-0.05, 0) is 6.85 Å². The first kappa shape index (κ1) is 3.15. The van der Waals surface area contributed by atoms with E-state index in [9.17, 15) is 9.18 Å². The van der Waals surface area contributed by atoms with Crippen LogP contribution in [0.1, 0.15) is 9.81 Å². The third-order valence-corrected chi connectivity index (χ3v) is 0.810. The average Bonchev–Trinajstić information content (AvgIpc) is 1.82.